The fourth-order valence-corrected chi connectivity index (χ4v) is 3.52. The van der Waals surface area contributed by atoms with E-state index in [-0.39, 0.29) is 22.8 Å². The Balaban J connectivity index is 2.07. The van der Waals surface area contributed by atoms with E-state index in [1.54, 1.807) is 53.4 Å². The third kappa shape index (κ3) is 5.70. The highest BCUT2D eigenvalue weighted by molar-refractivity contribution is 7.81. The summed E-state index contributed by atoms with van der Waals surface area (Å²) in [5.41, 5.74) is 3.35. The molecule has 0 unspecified atom stereocenters. The zero-order valence-electron chi connectivity index (χ0n) is 17.7. The molecule has 3 rings (SSSR count). The van der Waals surface area contributed by atoms with Crippen LogP contribution in [0, 0.1) is 0 Å². The lowest BCUT2D eigenvalue weighted by Gasteiger charge is -2.21. The summed E-state index contributed by atoms with van der Waals surface area (Å²) in [6.45, 7) is 6.24. The minimum atomic E-state index is -0.216. The number of rotatable bonds is 5. The van der Waals surface area contributed by atoms with Crippen molar-refractivity contribution in [1.29, 1.82) is 0 Å². The Morgan fingerprint density at radius 1 is 1.06 bits per heavy atom. The number of nitrogens with one attached hydrogen (secondary N) is 1. The van der Waals surface area contributed by atoms with Gasteiger partial charge in [-0.25, -0.2) is 0 Å². The molecular weight excluding hydrogens is 428 g/mol. The zero-order valence-corrected chi connectivity index (χ0v) is 19.3. The molecule has 0 aliphatic heterocycles. The predicted molar refractivity (Wildman–Crippen MR) is 128 cm³/mol. The van der Waals surface area contributed by atoms with E-state index in [0.717, 1.165) is 11.3 Å². The fraction of sp³-hybridized carbons (Fsp3) is 0.200. The number of hydrogen-bond acceptors (Lipinski definition) is 3. The van der Waals surface area contributed by atoms with Gasteiger partial charge in [-0.05, 0) is 52.6 Å². The first-order valence-electron chi connectivity index (χ1n) is 9.89. The summed E-state index contributed by atoms with van der Waals surface area (Å²) in [6, 6.07) is 18.2. The van der Waals surface area contributed by atoms with Gasteiger partial charge in [0.25, 0.3) is 0 Å². The van der Waals surface area contributed by atoms with Gasteiger partial charge in [-0.1, -0.05) is 68.9 Å². The molecule has 0 fully saturated rings. The van der Waals surface area contributed by atoms with Gasteiger partial charge in [0.2, 0.25) is 5.70 Å². The maximum absolute atomic E-state index is 13.5. The standard InChI is InChI=1S/C25H25ClN2O2S/c1-25(2,3)19-8-6-18(7-9-19)23(30)22(28-14-4-5-17(15-28)16-29)24(31)27-21-12-10-20(26)11-13-21/h4-15,29H,16H2,1-3H3,(H-,27,30,31). The summed E-state index contributed by atoms with van der Waals surface area (Å²) in [7, 11) is 0. The molecule has 0 saturated carbocycles. The molecule has 4 nitrogen and oxygen atoms in total. The number of anilines is 1. The van der Waals surface area contributed by atoms with Crippen LogP contribution in [0.5, 0.6) is 0 Å². The number of aromatic nitrogens is 1. The molecule has 6 heteroatoms. The second kappa shape index (κ2) is 9.60. The number of benzene rings is 2. The van der Waals surface area contributed by atoms with Gasteiger partial charge in [-0.15, -0.1) is 0 Å². The van der Waals surface area contributed by atoms with Crippen LogP contribution in [0.4, 0.5) is 5.69 Å². The van der Waals surface area contributed by atoms with Crippen LogP contribution in [0.25, 0.3) is 11.5 Å². The Morgan fingerprint density at radius 2 is 1.71 bits per heavy atom. The number of halogens is 1. The van der Waals surface area contributed by atoms with Gasteiger partial charge in [-0.2, -0.15) is 4.57 Å². The van der Waals surface area contributed by atoms with Crippen molar-refractivity contribution < 1.29 is 14.8 Å². The van der Waals surface area contributed by atoms with Crippen LogP contribution in [0.3, 0.4) is 0 Å². The first-order valence-corrected chi connectivity index (χ1v) is 10.7. The largest absolute Gasteiger partial charge is 0.867 e. The van der Waals surface area contributed by atoms with Gasteiger partial charge in [0.1, 0.15) is 0 Å². The Kier molecular flexibility index (Phi) is 7.11. The van der Waals surface area contributed by atoms with Crippen molar-refractivity contribution in [2.75, 3.05) is 5.32 Å². The summed E-state index contributed by atoms with van der Waals surface area (Å²) in [6.07, 6.45) is 3.44. The third-order valence-electron chi connectivity index (χ3n) is 4.85. The Morgan fingerprint density at radius 3 is 2.29 bits per heavy atom. The van der Waals surface area contributed by atoms with Crippen LogP contribution < -0.4 is 15.0 Å². The normalized spacial score (nSPS) is 12.3. The first-order chi connectivity index (χ1) is 14.7. The van der Waals surface area contributed by atoms with E-state index in [2.05, 4.69) is 26.1 Å². The molecule has 160 valence electrons. The van der Waals surface area contributed by atoms with Gasteiger partial charge < -0.3 is 15.5 Å². The van der Waals surface area contributed by atoms with E-state index < -0.39 is 0 Å². The molecule has 1 heterocycles. The van der Waals surface area contributed by atoms with Gasteiger partial charge in [0, 0.05) is 22.3 Å². The van der Waals surface area contributed by atoms with E-state index >= 15 is 0 Å². The lowest BCUT2D eigenvalue weighted by molar-refractivity contribution is -0.578. The number of hydrogen-bond donors (Lipinski definition) is 2. The van der Waals surface area contributed by atoms with Crippen molar-refractivity contribution in [2.24, 2.45) is 0 Å². The van der Waals surface area contributed by atoms with Crippen molar-refractivity contribution in [3.63, 3.8) is 0 Å². The molecule has 0 bridgehead atoms. The summed E-state index contributed by atoms with van der Waals surface area (Å²) in [4.78, 5) is 0.271. The summed E-state index contributed by atoms with van der Waals surface area (Å²) >= 11 is 11.6. The number of aliphatic hydroxyl groups is 1. The predicted octanol–water partition coefficient (Wildman–Crippen LogP) is 4.54. The molecule has 0 saturated heterocycles. The number of nitrogens with zero attached hydrogens (tertiary/aromatic N) is 1. The summed E-state index contributed by atoms with van der Waals surface area (Å²) < 4.78 is 1.65. The van der Waals surface area contributed by atoms with Gasteiger partial charge in [0.05, 0.1) is 6.61 Å². The monoisotopic (exact) mass is 452 g/mol. The van der Waals surface area contributed by atoms with E-state index in [0.29, 0.717) is 21.8 Å². The molecule has 0 atom stereocenters. The van der Waals surface area contributed by atoms with Crippen molar-refractivity contribution in [3.05, 3.63) is 94.8 Å². The highest BCUT2D eigenvalue weighted by atomic mass is 35.5. The molecule has 1 aromatic heterocycles. The Labute approximate surface area is 193 Å². The lowest BCUT2D eigenvalue weighted by Crippen LogP contribution is -2.40. The second-order valence-corrected chi connectivity index (χ2v) is 9.09. The average molecular weight is 453 g/mol. The van der Waals surface area contributed by atoms with E-state index in [4.69, 9.17) is 23.8 Å². The quantitative estimate of drug-likeness (QED) is 0.258. The van der Waals surface area contributed by atoms with Crippen molar-refractivity contribution in [3.8, 4) is 0 Å². The molecule has 0 radical (unpaired) electrons. The minimum absolute atomic E-state index is 0.0101. The molecule has 0 aliphatic carbocycles. The van der Waals surface area contributed by atoms with Crippen LogP contribution in [-0.2, 0) is 12.0 Å². The molecule has 2 aromatic carbocycles. The van der Waals surface area contributed by atoms with E-state index in [1.807, 2.05) is 24.3 Å². The smallest absolute Gasteiger partial charge is 0.238 e. The van der Waals surface area contributed by atoms with E-state index in [9.17, 15) is 10.2 Å². The highest BCUT2D eigenvalue weighted by Gasteiger charge is 2.20. The Hall–Kier alpha value is -2.73. The van der Waals surface area contributed by atoms with Gasteiger partial charge in [0.15, 0.2) is 17.4 Å². The average Bonchev–Trinajstić information content (AvgIpc) is 2.75. The summed E-state index contributed by atoms with van der Waals surface area (Å²) in [5, 5.41) is 26.8. The van der Waals surface area contributed by atoms with E-state index in [1.165, 1.54) is 0 Å². The van der Waals surface area contributed by atoms with Crippen LogP contribution in [-0.4, -0.2) is 10.1 Å². The third-order valence-corrected chi connectivity index (χ3v) is 5.40. The van der Waals surface area contributed by atoms with Crippen molar-refractivity contribution >= 4 is 46.0 Å². The zero-order chi connectivity index (χ0) is 22.6. The van der Waals surface area contributed by atoms with Crippen LogP contribution in [0.1, 0.15) is 37.5 Å². The molecule has 31 heavy (non-hydrogen) atoms. The maximum atomic E-state index is 13.5. The number of aliphatic hydroxyl groups excluding tert-OH is 1. The lowest BCUT2D eigenvalue weighted by atomic mass is 9.86. The maximum Gasteiger partial charge on any atom is 0.238 e. The minimum Gasteiger partial charge on any atom is -0.867 e. The highest BCUT2D eigenvalue weighted by Crippen LogP contribution is 2.24. The fourth-order valence-electron chi connectivity index (χ4n) is 3.08. The molecule has 2 N–H and O–H groups in total. The molecule has 0 aliphatic rings. The topological polar surface area (TPSA) is 59.2 Å². The summed E-state index contributed by atoms with van der Waals surface area (Å²) in [5.74, 6) is -0.216. The first kappa shape index (κ1) is 22.9. The Bertz CT molecular complexity index is 1100. The van der Waals surface area contributed by atoms with Crippen molar-refractivity contribution in [1.82, 2.24) is 0 Å². The van der Waals surface area contributed by atoms with Gasteiger partial charge in [-0.3, -0.25) is 0 Å². The SMILES string of the molecule is CC(C)(C)c1ccc(/C([O-])=C(/C(=S)Nc2ccc(Cl)cc2)[n+]2cccc(CO)c2)cc1. The van der Waals surface area contributed by atoms with Crippen LogP contribution in [0.15, 0.2) is 73.1 Å². The second-order valence-electron chi connectivity index (χ2n) is 8.24. The molecule has 3 aromatic rings. The van der Waals surface area contributed by atoms with Crippen LogP contribution in [0.2, 0.25) is 5.02 Å². The number of pyridine rings is 1. The number of thiocarbonyl (C=S) groups is 1. The molecular formula is C25H25ClN2O2S. The van der Waals surface area contributed by atoms with Crippen molar-refractivity contribution in [2.45, 2.75) is 32.8 Å². The molecule has 0 spiro atoms. The molecule has 0 amide bonds. The van der Waals surface area contributed by atoms with Crippen LogP contribution >= 0.6 is 23.8 Å². The van der Waals surface area contributed by atoms with Gasteiger partial charge >= 0.3 is 0 Å².